The normalized spacial score (nSPS) is 31.1. The molecule has 30 heavy (non-hydrogen) atoms. The average molecular weight is 462 g/mol. The molecule has 170 valence electrons. The lowest BCUT2D eigenvalue weighted by molar-refractivity contribution is -0.184. The van der Waals surface area contributed by atoms with Crippen molar-refractivity contribution in [2.24, 2.45) is 5.41 Å². The lowest BCUT2D eigenvalue weighted by Gasteiger charge is -2.37. The Balaban J connectivity index is 2.00. The van der Waals surface area contributed by atoms with Gasteiger partial charge in [-0.1, -0.05) is 20.8 Å². The van der Waals surface area contributed by atoms with Gasteiger partial charge in [0.2, 0.25) is 0 Å². The van der Waals surface area contributed by atoms with Crippen molar-refractivity contribution < 1.29 is 23.4 Å². The Bertz CT molecular complexity index is 924. The molecule has 1 aromatic heterocycles. The number of aromatic nitrogens is 2. The van der Waals surface area contributed by atoms with Crippen molar-refractivity contribution in [3.8, 4) is 0 Å². The van der Waals surface area contributed by atoms with Crippen molar-refractivity contribution in [3.63, 3.8) is 0 Å². The maximum atomic E-state index is 12.5. The van der Waals surface area contributed by atoms with Gasteiger partial charge in [-0.05, 0) is 51.3 Å². The van der Waals surface area contributed by atoms with Crippen LogP contribution in [0.25, 0.3) is 0 Å². The molecule has 5 atom stereocenters. The molecule has 3 heterocycles. The topological polar surface area (TPSA) is 118 Å². The monoisotopic (exact) mass is 461 g/mol. The van der Waals surface area contributed by atoms with Gasteiger partial charge in [0.05, 0.1) is 12.2 Å². The minimum absolute atomic E-state index is 0.141. The first-order chi connectivity index (χ1) is 13.5. The quantitative estimate of drug-likeness (QED) is 0.638. The first-order valence-corrected chi connectivity index (χ1v) is 12.5. The zero-order valence-electron chi connectivity index (χ0n) is 18.5. The van der Waals surface area contributed by atoms with Crippen molar-refractivity contribution >= 4 is 24.3 Å². The van der Waals surface area contributed by atoms with Crippen LogP contribution >= 0.6 is 6.72 Å². The van der Waals surface area contributed by atoms with Crippen molar-refractivity contribution in [2.75, 3.05) is 12.3 Å². The van der Waals surface area contributed by atoms with Crippen molar-refractivity contribution in [2.45, 2.75) is 84.5 Å². The van der Waals surface area contributed by atoms with Gasteiger partial charge in [-0.3, -0.25) is 9.09 Å². The van der Waals surface area contributed by atoms with Gasteiger partial charge in [0.1, 0.15) is 23.6 Å². The second-order valence-corrected chi connectivity index (χ2v) is 13.0. The fraction of sp³-hybridized carbons (Fsp3) is 0.789. The molecule has 0 aromatic carbocycles. The van der Waals surface area contributed by atoms with E-state index in [9.17, 15) is 9.69 Å². The summed E-state index contributed by atoms with van der Waals surface area (Å²) in [5.74, 6) is 0.168. The molecule has 11 heteroatoms. The molecule has 2 aliphatic heterocycles. The zero-order chi connectivity index (χ0) is 22.7. The van der Waals surface area contributed by atoms with Crippen LogP contribution in [0, 0.1) is 12.3 Å². The SMILES string of the molecule is Cc1cn([C@@H]2O[C@@]3(CC(C)(C)C)CO[C@H]2C3OP(O)(=S)OC(C)(C)C)c(=O)nc1N. The van der Waals surface area contributed by atoms with Gasteiger partial charge in [-0.2, -0.15) is 4.98 Å². The summed E-state index contributed by atoms with van der Waals surface area (Å²) in [7, 11) is 0. The van der Waals surface area contributed by atoms with E-state index in [1.165, 1.54) is 4.57 Å². The van der Waals surface area contributed by atoms with Crippen molar-refractivity contribution in [3.05, 3.63) is 22.2 Å². The number of hydrogen-bond donors (Lipinski definition) is 2. The van der Waals surface area contributed by atoms with Gasteiger partial charge < -0.3 is 24.6 Å². The van der Waals surface area contributed by atoms with Gasteiger partial charge in [0.15, 0.2) is 6.23 Å². The Morgan fingerprint density at radius 1 is 1.40 bits per heavy atom. The molecular weight excluding hydrogens is 429 g/mol. The highest BCUT2D eigenvalue weighted by molar-refractivity contribution is 8.07. The van der Waals surface area contributed by atoms with Crippen molar-refractivity contribution in [1.82, 2.24) is 9.55 Å². The molecule has 0 radical (unpaired) electrons. The van der Waals surface area contributed by atoms with Crippen LogP contribution in [0.5, 0.6) is 0 Å². The van der Waals surface area contributed by atoms with E-state index >= 15 is 0 Å². The summed E-state index contributed by atoms with van der Waals surface area (Å²) in [4.78, 5) is 27.2. The number of nitrogens with two attached hydrogens (primary N) is 1. The van der Waals surface area contributed by atoms with Crippen LogP contribution in [0.15, 0.2) is 11.0 Å². The highest BCUT2D eigenvalue weighted by Crippen LogP contribution is 2.58. The molecule has 2 saturated heterocycles. The molecule has 2 unspecified atom stereocenters. The van der Waals surface area contributed by atoms with E-state index in [2.05, 4.69) is 25.8 Å². The second kappa shape index (κ2) is 7.62. The Labute approximate surface area is 182 Å². The third-order valence-electron chi connectivity index (χ3n) is 4.89. The van der Waals surface area contributed by atoms with Gasteiger partial charge in [-0.15, -0.1) is 0 Å². The zero-order valence-corrected chi connectivity index (χ0v) is 20.3. The Morgan fingerprint density at radius 3 is 2.60 bits per heavy atom. The highest BCUT2D eigenvalue weighted by atomic mass is 32.5. The fourth-order valence-electron chi connectivity index (χ4n) is 4.08. The number of rotatable bonds is 5. The number of fused-ring (bicyclic) bond motifs is 2. The number of hydrogen-bond acceptors (Lipinski definition) is 8. The lowest BCUT2D eigenvalue weighted by atomic mass is 9.80. The summed E-state index contributed by atoms with van der Waals surface area (Å²) >= 11 is 5.29. The molecule has 2 aliphatic rings. The predicted molar refractivity (Wildman–Crippen MR) is 117 cm³/mol. The van der Waals surface area contributed by atoms with Crippen LogP contribution < -0.4 is 11.4 Å². The van der Waals surface area contributed by atoms with E-state index in [4.69, 9.17) is 36.1 Å². The van der Waals surface area contributed by atoms with Crippen LogP contribution in [0.3, 0.4) is 0 Å². The van der Waals surface area contributed by atoms with Gasteiger partial charge in [-0.25, -0.2) is 4.79 Å². The van der Waals surface area contributed by atoms with Crippen molar-refractivity contribution in [1.29, 1.82) is 0 Å². The predicted octanol–water partition coefficient (Wildman–Crippen LogP) is 2.65. The van der Waals surface area contributed by atoms with E-state index in [1.54, 1.807) is 33.9 Å². The maximum absolute atomic E-state index is 12.5. The molecule has 3 rings (SSSR count). The fourth-order valence-corrected chi connectivity index (χ4v) is 6.36. The molecule has 2 bridgehead atoms. The van der Waals surface area contributed by atoms with E-state index < -0.39 is 42.0 Å². The Hall–Kier alpha value is -0.870. The summed E-state index contributed by atoms with van der Waals surface area (Å²) in [5.41, 5.74) is 4.15. The third kappa shape index (κ3) is 4.96. The van der Waals surface area contributed by atoms with Gasteiger partial charge in [0.25, 0.3) is 0 Å². The van der Waals surface area contributed by atoms with Gasteiger partial charge >= 0.3 is 12.4 Å². The summed E-state index contributed by atoms with van der Waals surface area (Å²) in [6, 6.07) is 0. The standard InChI is InChI=1S/C19H32N3O6PS/c1-11-8-22(16(23)21-14(11)20)15-12-13(27-29(24,30)28-18(5,6)7)19(26-15,10-25-12)9-17(2,3)4/h8,12-13,15H,9-10H2,1-7H3,(H,24,30)(H2,20,21,23)/t12-,13?,15+,19-,29?/m0/s1. The minimum atomic E-state index is -3.60. The second-order valence-electron chi connectivity index (χ2n) is 10.3. The summed E-state index contributed by atoms with van der Waals surface area (Å²) in [6.45, 7) is 10.0. The minimum Gasteiger partial charge on any atom is -0.383 e. The van der Waals surface area contributed by atoms with Gasteiger partial charge in [0, 0.05) is 11.8 Å². The van der Waals surface area contributed by atoms with Crippen LogP contribution in [-0.4, -0.2) is 44.5 Å². The molecule has 3 N–H and O–H groups in total. The summed E-state index contributed by atoms with van der Waals surface area (Å²) < 4.78 is 25.4. The van der Waals surface area contributed by atoms with E-state index in [1.807, 2.05) is 0 Å². The largest absolute Gasteiger partial charge is 0.383 e. The lowest BCUT2D eigenvalue weighted by Crippen LogP contribution is -2.45. The van der Waals surface area contributed by atoms with E-state index in [0.29, 0.717) is 12.0 Å². The van der Waals surface area contributed by atoms with E-state index in [0.717, 1.165) is 0 Å². The third-order valence-corrected chi connectivity index (χ3v) is 6.64. The molecule has 1 aromatic rings. The molecule has 0 spiro atoms. The average Bonchev–Trinajstić information content (AvgIpc) is 2.96. The number of ether oxygens (including phenoxy) is 2. The molecule has 9 nitrogen and oxygen atoms in total. The molecule has 0 aliphatic carbocycles. The molecule has 0 amide bonds. The molecular formula is C19H32N3O6PS. The maximum Gasteiger partial charge on any atom is 0.351 e. The molecule has 2 fully saturated rings. The number of aryl methyl sites for hydroxylation is 1. The first kappa shape index (κ1) is 23.8. The Kier molecular flexibility index (Phi) is 6.04. The van der Waals surface area contributed by atoms with E-state index in [-0.39, 0.29) is 17.8 Å². The highest BCUT2D eigenvalue weighted by Gasteiger charge is 2.65. The Morgan fingerprint density at radius 2 is 2.03 bits per heavy atom. The summed E-state index contributed by atoms with van der Waals surface area (Å²) in [5, 5.41) is 0. The number of nitrogens with zero attached hydrogens (tertiary/aromatic N) is 2. The van der Waals surface area contributed by atoms with Crippen LogP contribution in [0.4, 0.5) is 5.82 Å². The van der Waals surface area contributed by atoms with Crippen LogP contribution in [-0.2, 0) is 30.3 Å². The number of anilines is 1. The molecule has 0 saturated carbocycles. The number of nitrogen functional groups attached to an aromatic ring is 1. The first-order valence-electron chi connectivity index (χ1n) is 9.89. The smallest absolute Gasteiger partial charge is 0.351 e. The summed E-state index contributed by atoms with van der Waals surface area (Å²) in [6.07, 6.45) is 0.0215. The van der Waals surface area contributed by atoms with Crippen LogP contribution in [0.1, 0.15) is 59.8 Å². The van der Waals surface area contributed by atoms with Crippen LogP contribution in [0.2, 0.25) is 0 Å².